The minimum atomic E-state index is -3.09. The molecule has 4 heteroatoms. The van der Waals surface area contributed by atoms with Gasteiger partial charge in [0.1, 0.15) is 0 Å². The summed E-state index contributed by atoms with van der Waals surface area (Å²) in [5.74, 6) is -4.13. The molecular weight excluding hydrogens is 126 g/mol. The molecule has 0 heterocycles. The van der Waals surface area contributed by atoms with E-state index in [-0.39, 0.29) is 6.42 Å². The topological polar surface area (TPSA) is 49.9 Å². The van der Waals surface area contributed by atoms with Crippen LogP contribution >= 0.6 is 0 Å². The molecule has 0 amide bonds. The van der Waals surface area contributed by atoms with E-state index >= 15 is 0 Å². The first-order chi connectivity index (χ1) is 4.00. The minimum absolute atomic E-state index is 0.331. The molecular formula is C5H10F2N2. The number of hydrogen-bond donors (Lipinski definition) is 2. The fourth-order valence-corrected chi connectivity index (χ4v) is 0.449. The number of nitrogens with two attached hydrogens (primary N) is 1. The van der Waals surface area contributed by atoms with Gasteiger partial charge >= 0.3 is 5.92 Å². The molecule has 0 saturated heterocycles. The lowest BCUT2D eigenvalue weighted by Crippen LogP contribution is -2.34. The lowest BCUT2D eigenvalue weighted by atomic mass is 10.2. The van der Waals surface area contributed by atoms with Crippen LogP contribution in [0.5, 0.6) is 0 Å². The van der Waals surface area contributed by atoms with Crippen molar-refractivity contribution in [2.24, 2.45) is 5.73 Å². The second-order valence-electron chi connectivity index (χ2n) is 1.87. The average molecular weight is 136 g/mol. The van der Waals surface area contributed by atoms with Gasteiger partial charge in [0, 0.05) is 6.42 Å². The summed E-state index contributed by atoms with van der Waals surface area (Å²) in [5.41, 5.74) is 4.59. The van der Waals surface area contributed by atoms with Gasteiger partial charge in [0.25, 0.3) is 0 Å². The Kier molecular flexibility index (Phi) is 2.55. The number of rotatable bonds is 3. The molecule has 0 aliphatic rings. The molecule has 0 spiro atoms. The van der Waals surface area contributed by atoms with Crippen LogP contribution in [0.15, 0.2) is 0 Å². The highest BCUT2D eigenvalue weighted by atomic mass is 19.3. The van der Waals surface area contributed by atoms with Crippen molar-refractivity contribution in [1.29, 1.82) is 5.41 Å². The van der Waals surface area contributed by atoms with E-state index in [1.54, 1.807) is 6.92 Å². The van der Waals surface area contributed by atoms with Gasteiger partial charge in [-0.2, -0.15) is 8.78 Å². The molecule has 0 bridgehead atoms. The van der Waals surface area contributed by atoms with Crippen LogP contribution in [0.4, 0.5) is 8.78 Å². The number of halogens is 2. The molecule has 0 fully saturated rings. The van der Waals surface area contributed by atoms with Crippen molar-refractivity contribution in [2.45, 2.75) is 25.7 Å². The van der Waals surface area contributed by atoms with Gasteiger partial charge in [-0.15, -0.1) is 0 Å². The molecule has 0 aromatic rings. The molecule has 3 N–H and O–H groups in total. The van der Waals surface area contributed by atoms with E-state index in [0.717, 1.165) is 0 Å². The van der Waals surface area contributed by atoms with Crippen molar-refractivity contribution in [1.82, 2.24) is 0 Å². The molecule has 0 aliphatic heterocycles. The van der Waals surface area contributed by atoms with Gasteiger partial charge in [-0.25, -0.2) is 0 Å². The Morgan fingerprint density at radius 1 is 1.67 bits per heavy atom. The minimum Gasteiger partial charge on any atom is -0.383 e. The van der Waals surface area contributed by atoms with E-state index in [4.69, 9.17) is 5.41 Å². The van der Waals surface area contributed by atoms with Crippen LogP contribution in [-0.4, -0.2) is 11.8 Å². The SMILES string of the molecule is CCCC(F)(F)C(=N)N. The molecule has 0 aliphatic carbocycles. The lowest BCUT2D eigenvalue weighted by Gasteiger charge is -2.11. The number of alkyl halides is 2. The first-order valence-corrected chi connectivity index (χ1v) is 2.73. The van der Waals surface area contributed by atoms with Gasteiger partial charge in [0.2, 0.25) is 0 Å². The summed E-state index contributed by atoms with van der Waals surface area (Å²) in [6.45, 7) is 1.62. The highest BCUT2D eigenvalue weighted by Crippen LogP contribution is 2.18. The molecule has 0 aromatic carbocycles. The van der Waals surface area contributed by atoms with E-state index < -0.39 is 11.8 Å². The first-order valence-electron chi connectivity index (χ1n) is 2.73. The molecule has 0 aromatic heterocycles. The molecule has 54 valence electrons. The van der Waals surface area contributed by atoms with Crippen LogP contribution in [0.25, 0.3) is 0 Å². The summed E-state index contributed by atoms with van der Waals surface area (Å²) in [5, 5.41) is 6.43. The summed E-state index contributed by atoms with van der Waals surface area (Å²) < 4.78 is 24.4. The molecule has 0 atom stereocenters. The van der Waals surface area contributed by atoms with Gasteiger partial charge in [0.05, 0.1) is 0 Å². The molecule has 0 saturated carbocycles. The van der Waals surface area contributed by atoms with E-state index in [1.165, 1.54) is 0 Å². The third kappa shape index (κ3) is 2.39. The lowest BCUT2D eigenvalue weighted by molar-refractivity contribution is 0.0650. The Bertz CT molecular complexity index is 112. The van der Waals surface area contributed by atoms with Crippen LogP contribution in [0.3, 0.4) is 0 Å². The molecule has 2 nitrogen and oxygen atoms in total. The maximum absolute atomic E-state index is 12.2. The summed E-state index contributed by atoms with van der Waals surface area (Å²) in [6, 6.07) is 0. The third-order valence-corrected chi connectivity index (χ3v) is 0.958. The third-order valence-electron chi connectivity index (χ3n) is 0.958. The number of amidine groups is 1. The molecule has 0 unspecified atom stereocenters. The Morgan fingerprint density at radius 2 is 2.11 bits per heavy atom. The average Bonchev–Trinajstić information content (AvgIpc) is 1.65. The van der Waals surface area contributed by atoms with Gasteiger partial charge in [-0.05, 0) is 6.42 Å². The van der Waals surface area contributed by atoms with Crippen LogP contribution in [0, 0.1) is 5.41 Å². The maximum atomic E-state index is 12.2. The molecule has 0 rings (SSSR count). The van der Waals surface area contributed by atoms with Crippen LogP contribution in [0.1, 0.15) is 19.8 Å². The number of hydrogen-bond acceptors (Lipinski definition) is 1. The van der Waals surface area contributed by atoms with Crippen molar-refractivity contribution in [3.8, 4) is 0 Å². The summed E-state index contributed by atoms with van der Waals surface area (Å²) in [4.78, 5) is 0. The number of nitrogens with one attached hydrogen (secondary N) is 1. The summed E-state index contributed by atoms with van der Waals surface area (Å²) >= 11 is 0. The quantitative estimate of drug-likeness (QED) is 0.446. The second kappa shape index (κ2) is 2.75. The van der Waals surface area contributed by atoms with Crippen LogP contribution in [-0.2, 0) is 0 Å². The van der Waals surface area contributed by atoms with E-state index in [1.807, 2.05) is 0 Å². The fourth-order valence-electron chi connectivity index (χ4n) is 0.449. The fraction of sp³-hybridized carbons (Fsp3) is 0.800. The smallest absolute Gasteiger partial charge is 0.303 e. The standard InChI is InChI=1S/C5H10F2N2/c1-2-3-5(6,7)4(8)9/h2-3H2,1H3,(H3,8,9). The molecule has 0 radical (unpaired) electrons. The zero-order valence-electron chi connectivity index (χ0n) is 5.25. The van der Waals surface area contributed by atoms with Gasteiger partial charge in [0.15, 0.2) is 5.84 Å². The van der Waals surface area contributed by atoms with E-state index in [9.17, 15) is 8.78 Å². The van der Waals surface area contributed by atoms with Crippen molar-refractivity contribution >= 4 is 5.84 Å². The Balaban J connectivity index is 3.85. The summed E-state index contributed by atoms with van der Waals surface area (Å²) in [7, 11) is 0. The predicted molar refractivity (Wildman–Crippen MR) is 31.8 cm³/mol. The Labute approximate surface area is 52.6 Å². The Hall–Kier alpha value is -0.670. The van der Waals surface area contributed by atoms with E-state index in [0.29, 0.717) is 6.42 Å². The highest BCUT2D eigenvalue weighted by molar-refractivity contribution is 5.84. The van der Waals surface area contributed by atoms with Crippen LogP contribution in [0.2, 0.25) is 0 Å². The summed E-state index contributed by atoms with van der Waals surface area (Å²) in [6.07, 6.45) is 0.00884. The largest absolute Gasteiger partial charge is 0.383 e. The van der Waals surface area contributed by atoms with Gasteiger partial charge in [-0.3, -0.25) is 5.41 Å². The highest BCUT2D eigenvalue weighted by Gasteiger charge is 2.31. The van der Waals surface area contributed by atoms with Crippen LogP contribution < -0.4 is 5.73 Å². The van der Waals surface area contributed by atoms with Gasteiger partial charge in [-0.1, -0.05) is 6.92 Å². The van der Waals surface area contributed by atoms with Crippen molar-refractivity contribution < 1.29 is 8.78 Å². The van der Waals surface area contributed by atoms with Crippen molar-refractivity contribution in [2.75, 3.05) is 0 Å². The zero-order chi connectivity index (χ0) is 7.49. The van der Waals surface area contributed by atoms with Crippen molar-refractivity contribution in [3.05, 3.63) is 0 Å². The predicted octanol–water partition coefficient (Wildman–Crippen LogP) is 1.36. The second-order valence-corrected chi connectivity index (χ2v) is 1.87. The normalized spacial score (nSPS) is 11.4. The van der Waals surface area contributed by atoms with Crippen molar-refractivity contribution in [3.63, 3.8) is 0 Å². The molecule has 9 heavy (non-hydrogen) atoms. The monoisotopic (exact) mass is 136 g/mol. The zero-order valence-corrected chi connectivity index (χ0v) is 5.25. The maximum Gasteiger partial charge on any atom is 0.303 e. The Morgan fingerprint density at radius 3 is 2.22 bits per heavy atom. The first kappa shape index (κ1) is 8.33. The van der Waals surface area contributed by atoms with E-state index in [2.05, 4.69) is 5.73 Å². The van der Waals surface area contributed by atoms with Gasteiger partial charge < -0.3 is 5.73 Å².